The Morgan fingerprint density at radius 2 is 2.05 bits per heavy atom. The van der Waals surface area contributed by atoms with Gasteiger partial charge in [0.2, 0.25) is 0 Å². The van der Waals surface area contributed by atoms with Crippen LogP contribution in [0.1, 0.15) is 32.1 Å². The van der Waals surface area contributed by atoms with Gasteiger partial charge in [0.15, 0.2) is 5.82 Å². The van der Waals surface area contributed by atoms with Crippen LogP contribution in [0.4, 0.5) is 5.82 Å². The number of rotatable bonds is 5. The molecule has 1 saturated carbocycles. The first-order valence-electron chi connectivity index (χ1n) is 13.2. The number of para-hydroxylation sites is 1. The Kier molecular flexibility index (Phi) is 6.44. The van der Waals surface area contributed by atoms with E-state index in [1.165, 1.54) is 6.42 Å². The highest BCUT2D eigenvalue weighted by molar-refractivity contribution is 6.12. The molecule has 0 spiro atoms. The van der Waals surface area contributed by atoms with Gasteiger partial charge in [-0.05, 0) is 55.9 Å². The molecule has 37 heavy (non-hydrogen) atoms. The summed E-state index contributed by atoms with van der Waals surface area (Å²) >= 11 is 0. The molecule has 190 valence electrons. The number of nitrogens with one attached hydrogen (secondary N) is 3. The number of aliphatic hydroxyl groups excluding tert-OH is 1. The van der Waals surface area contributed by atoms with Gasteiger partial charge in [-0.25, -0.2) is 15.0 Å². The Balaban J connectivity index is 1.57. The van der Waals surface area contributed by atoms with E-state index in [1.54, 1.807) is 6.20 Å². The lowest BCUT2D eigenvalue weighted by Crippen LogP contribution is -2.39. The number of nitrogens with zero attached hydrogens (tertiary/aromatic N) is 4. The van der Waals surface area contributed by atoms with Crippen LogP contribution in [-0.4, -0.2) is 63.5 Å². The highest BCUT2D eigenvalue weighted by Gasteiger charge is 2.25. The molecule has 2 unspecified atom stereocenters. The van der Waals surface area contributed by atoms with Gasteiger partial charge >= 0.3 is 0 Å². The summed E-state index contributed by atoms with van der Waals surface area (Å²) in [6.45, 7) is 5.86. The minimum Gasteiger partial charge on any atom is -0.392 e. The summed E-state index contributed by atoms with van der Waals surface area (Å²) in [4.78, 5) is 22.5. The number of aliphatic hydroxyl groups is 1. The molecule has 4 heterocycles. The Morgan fingerprint density at radius 3 is 2.86 bits per heavy atom. The van der Waals surface area contributed by atoms with E-state index >= 15 is 0 Å². The highest BCUT2D eigenvalue weighted by Crippen LogP contribution is 2.34. The number of β-amino-alcohol motifs (C(OH)–C–C–N with tert-alkyl or cyclic N) is 1. The van der Waals surface area contributed by atoms with Gasteiger partial charge in [-0.2, -0.15) is 0 Å². The van der Waals surface area contributed by atoms with Crippen LogP contribution in [0.3, 0.4) is 0 Å². The molecule has 4 N–H and O–H groups in total. The van der Waals surface area contributed by atoms with E-state index in [1.807, 2.05) is 31.5 Å². The van der Waals surface area contributed by atoms with E-state index in [4.69, 9.17) is 9.97 Å². The SMILES string of the molecule is C=c1nc(-c2ccnc3[nH]c4ccccc4c23)nc(NC2CCNCC(O)C2)/c1=C(/C=NC)C1CCC1. The first-order chi connectivity index (χ1) is 18.1. The maximum atomic E-state index is 10.4. The zero-order valence-corrected chi connectivity index (χ0v) is 21.2. The van der Waals surface area contributed by atoms with Crippen molar-refractivity contribution in [3.8, 4) is 11.4 Å². The quantitative estimate of drug-likeness (QED) is 0.317. The van der Waals surface area contributed by atoms with Gasteiger partial charge in [0.1, 0.15) is 11.5 Å². The van der Waals surface area contributed by atoms with E-state index in [-0.39, 0.29) is 6.04 Å². The molecule has 0 bridgehead atoms. The fraction of sp³-hybridized carbons (Fsp3) is 0.379. The van der Waals surface area contributed by atoms with Crippen molar-refractivity contribution in [3.63, 3.8) is 0 Å². The highest BCUT2D eigenvalue weighted by atomic mass is 16.3. The normalized spacial score (nSPS) is 21.8. The average Bonchev–Trinajstić information content (AvgIpc) is 3.11. The molecule has 2 aliphatic rings. The summed E-state index contributed by atoms with van der Waals surface area (Å²) in [6.07, 6.45) is 8.38. The van der Waals surface area contributed by atoms with E-state index in [9.17, 15) is 5.11 Å². The summed E-state index contributed by atoms with van der Waals surface area (Å²) in [5.41, 5.74) is 3.90. The Labute approximate surface area is 215 Å². The predicted octanol–water partition coefficient (Wildman–Crippen LogP) is 2.76. The number of H-pyrrole nitrogens is 1. The van der Waals surface area contributed by atoms with Gasteiger partial charge in [-0.3, -0.25) is 4.99 Å². The number of aliphatic imine (C=N–C) groups is 1. The molecule has 0 amide bonds. The van der Waals surface area contributed by atoms with Crippen LogP contribution in [0.25, 0.3) is 45.5 Å². The maximum absolute atomic E-state index is 10.4. The molecule has 8 heteroatoms. The van der Waals surface area contributed by atoms with Crippen LogP contribution in [0, 0.1) is 5.92 Å². The molecule has 0 radical (unpaired) electrons. The van der Waals surface area contributed by atoms with Crippen molar-refractivity contribution < 1.29 is 5.11 Å². The van der Waals surface area contributed by atoms with Crippen molar-refractivity contribution in [1.29, 1.82) is 0 Å². The largest absolute Gasteiger partial charge is 0.392 e. The minimum atomic E-state index is -0.401. The molecule has 4 aromatic rings. The first kappa shape index (κ1) is 23.8. The van der Waals surface area contributed by atoms with Crippen LogP contribution in [0.15, 0.2) is 41.5 Å². The van der Waals surface area contributed by atoms with Crippen LogP contribution in [0.2, 0.25) is 0 Å². The number of hydrogen-bond acceptors (Lipinski definition) is 7. The van der Waals surface area contributed by atoms with Crippen molar-refractivity contribution in [2.75, 3.05) is 25.5 Å². The molecule has 2 fully saturated rings. The van der Waals surface area contributed by atoms with Crippen molar-refractivity contribution in [2.24, 2.45) is 10.9 Å². The molecule has 1 saturated heterocycles. The van der Waals surface area contributed by atoms with Gasteiger partial charge in [-0.1, -0.05) is 31.2 Å². The maximum Gasteiger partial charge on any atom is 0.162 e. The summed E-state index contributed by atoms with van der Waals surface area (Å²) < 4.78 is 0. The lowest BCUT2D eigenvalue weighted by molar-refractivity contribution is 0.165. The number of aromatic nitrogens is 4. The molecule has 1 aromatic carbocycles. The van der Waals surface area contributed by atoms with Gasteiger partial charge in [0.25, 0.3) is 0 Å². The van der Waals surface area contributed by atoms with E-state index < -0.39 is 6.10 Å². The van der Waals surface area contributed by atoms with E-state index in [0.717, 1.165) is 69.9 Å². The number of anilines is 1. The van der Waals surface area contributed by atoms with Crippen LogP contribution in [0.5, 0.6) is 0 Å². The second kappa shape index (κ2) is 10.0. The number of benzene rings is 1. The molecule has 1 aliphatic heterocycles. The Morgan fingerprint density at radius 1 is 1.19 bits per heavy atom. The minimum absolute atomic E-state index is 0.0812. The predicted molar refractivity (Wildman–Crippen MR) is 150 cm³/mol. The van der Waals surface area contributed by atoms with Crippen molar-refractivity contribution in [2.45, 2.75) is 44.2 Å². The fourth-order valence-corrected chi connectivity index (χ4v) is 5.62. The van der Waals surface area contributed by atoms with Crippen LogP contribution >= 0.6 is 0 Å². The van der Waals surface area contributed by atoms with E-state index in [0.29, 0.717) is 30.1 Å². The van der Waals surface area contributed by atoms with E-state index in [2.05, 4.69) is 44.3 Å². The summed E-state index contributed by atoms with van der Waals surface area (Å²) in [5.74, 6) is 1.81. The summed E-state index contributed by atoms with van der Waals surface area (Å²) in [5, 5.41) is 21.2. The third-order valence-electron chi connectivity index (χ3n) is 7.67. The number of fused-ring (bicyclic) bond motifs is 3. The van der Waals surface area contributed by atoms with Crippen LogP contribution in [-0.2, 0) is 0 Å². The third-order valence-corrected chi connectivity index (χ3v) is 7.67. The summed E-state index contributed by atoms with van der Waals surface area (Å²) in [7, 11) is 1.81. The summed E-state index contributed by atoms with van der Waals surface area (Å²) in [6, 6.07) is 10.3. The second-order valence-electron chi connectivity index (χ2n) is 10.2. The lowest BCUT2D eigenvalue weighted by Gasteiger charge is -2.27. The standard InChI is InChI=1S/C29H33N7O/c1-17-25(23(16-30-2)18-6-5-7-18)29(34-19-10-12-31-15-20(37)14-19)36-27(33-17)22-11-13-32-28-26(22)21-8-3-4-9-24(21)35-28/h3-4,8-9,11,13,16,18-20,31,37H,1,5-7,10,12,14-15H2,2H3,(H,32,35)(H,33,34,36)/b25-23-,30-16?. The Bertz CT molecular complexity index is 1590. The molecular formula is C29H33N7O. The number of hydrogen-bond donors (Lipinski definition) is 4. The zero-order chi connectivity index (χ0) is 25.4. The van der Waals surface area contributed by atoms with Crippen LogP contribution < -0.4 is 21.2 Å². The van der Waals surface area contributed by atoms with Crippen molar-refractivity contribution >= 4 is 46.1 Å². The average molecular weight is 496 g/mol. The smallest absolute Gasteiger partial charge is 0.162 e. The van der Waals surface area contributed by atoms with Crippen molar-refractivity contribution in [3.05, 3.63) is 47.1 Å². The Hall–Kier alpha value is -3.62. The zero-order valence-electron chi connectivity index (χ0n) is 21.2. The van der Waals surface area contributed by atoms with Gasteiger partial charge in [-0.15, -0.1) is 0 Å². The molecule has 3 aromatic heterocycles. The van der Waals surface area contributed by atoms with Gasteiger partial charge in [0.05, 0.1) is 11.5 Å². The fourth-order valence-electron chi connectivity index (χ4n) is 5.62. The molecule has 6 rings (SSSR count). The van der Waals surface area contributed by atoms with Gasteiger partial charge < -0.3 is 20.7 Å². The number of aromatic amines is 1. The number of pyridine rings is 1. The van der Waals surface area contributed by atoms with Gasteiger partial charge in [0, 0.05) is 59.1 Å². The molecule has 8 nitrogen and oxygen atoms in total. The van der Waals surface area contributed by atoms with Crippen molar-refractivity contribution in [1.82, 2.24) is 25.3 Å². The molecule has 2 atom stereocenters. The third kappa shape index (κ3) is 4.51. The molecule has 1 aliphatic carbocycles. The topological polar surface area (TPSA) is 111 Å². The second-order valence-corrected chi connectivity index (χ2v) is 10.2. The molecular weight excluding hydrogens is 462 g/mol. The monoisotopic (exact) mass is 495 g/mol. The lowest BCUT2D eigenvalue weighted by atomic mass is 9.79. The first-order valence-corrected chi connectivity index (χ1v) is 13.2.